The van der Waals surface area contributed by atoms with Gasteiger partial charge >= 0.3 is 0 Å². The minimum Gasteiger partial charge on any atom is -0.348 e. The Kier molecular flexibility index (Phi) is 5.45. The van der Waals surface area contributed by atoms with Gasteiger partial charge in [0.1, 0.15) is 0 Å². The molecule has 0 bridgehead atoms. The van der Waals surface area contributed by atoms with Gasteiger partial charge in [-0.3, -0.25) is 9.78 Å². The molecule has 0 unspecified atom stereocenters. The van der Waals surface area contributed by atoms with Crippen LogP contribution in [0.25, 0.3) is 16.9 Å². The molecule has 1 amide bonds. The standard InChI is InChI=1S/C24H20ClN3O/c1-17-22(24(29)27-16-18-11-13-26-14-12-18)15-23(19-7-9-20(25)10-8-19)28(17)21-5-3-2-4-6-21/h2-15H,16H2,1H3,(H,27,29). The van der Waals surface area contributed by atoms with E-state index in [9.17, 15) is 4.79 Å². The molecule has 29 heavy (non-hydrogen) atoms. The maximum Gasteiger partial charge on any atom is 0.253 e. The van der Waals surface area contributed by atoms with Crippen molar-refractivity contribution in [1.29, 1.82) is 0 Å². The van der Waals surface area contributed by atoms with Crippen LogP contribution in [0.4, 0.5) is 0 Å². The van der Waals surface area contributed by atoms with Crippen LogP contribution in [0.15, 0.2) is 85.2 Å². The van der Waals surface area contributed by atoms with E-state index in [2.05, 4.69) is 14.9 Å². The van der Waals surface area contributed by atoms with Crippen molar-refractivity contribution in [3.05, 3.63) is 107 Å². The van der Waals surface area contributed by atoms with E-state index in [1.807, 2.05) is 79.7 Å². The van der Waals surface area contributed by atoms with Crippen molar-refractivity contribution < 1.29 is 4.79 Å². The van der Waals surface area contributed by atoms with Crippen LogP contribution in [-0.2, 0) is 6.54 Å². The van der Waals surface area contributed by atoms with Crippen molar-refractivity contribution in [1.82, 2.24) is 14.9 Å². The first kappa shape index (κ1) is 19.0. The summed E-state index contributed by atoms with van der Waals surface area (Å²) in [7, 11) is 0. The van der Waals surface area contributed by atoms with Crippen LogP contribution >= 0.6 is 11.6 Å². The van der Waals surface area contributed by atoms with Gasteiger partial charge in [0, 0.05) is 35.3 Å². The van der Waals surface area contributed by atoms with Crippen LogP contribution in [-0.4, -0.2) is 15.5 Å². The first-order chi connectivity index (χ1) is 14.1. The number of hydrogen-bond donors (Lipinski definition) is 1. The highest BCUT2D eigenvalue weighted by atomic mass is 35.5. The molecular weight excluding hydrogens is 382 g/mol. The summed E-state index contributed by atoms with van der Waals surface area (Å²) in [5.41, 5.74) is 5.48. The summed E-state index contributed by atoms with van der Waals surface area (Å²) in [4.78, 5) is 17.0. The van der Waals surface area contributed by atoms with E-state index < -0.39 is 0 Å². The minimum atomic E-state index is -0.107. The smallest absolute Gasteiger partial charge is 0.253 e. The van der Waals surface area contributed by atoms with E-state index in [1.165, 1.54) is 0 Å². The first-order valence-electron chi connectivity index (χ1n) is 9.34. The quantitative estimate of drug-likeness (QED) is 0.484. The van der Waals surface area contributed by atoms with Gasteiger partial charge in [-0.05, 0) is 60.5 Å². The number of pyridine rings is 1. The molecule has 2 aromatic carbocycles. The normalized spacial score (nSPS) is 10.7. The number of amides is 1. The molecule has 0 saturated heterocycles. The van der Waals surface area contributed by atoms with E-state index >= 15 is 0 Å². The van der Waals surface area contributed by atoms with Crippen LogP contribution < -0.4 is 5.32 Å². The molecule has 1 N–H and O–H groups in total. The van der Waals surface area contributed by atoms with Crippen molar-refractivity contribution in [3.63, 3.8) is 0 Å². The number of aromatic nitrogens is 2. The van der Waals surface area contributed by atoms with E-state index in [0.29, 0.717) is 17.1 Å². The molecule has 0 spiro atoms. The lowest BCUT2D eigenvalue weighted by atomic mass is 10.1. The summed E-state index contributed by atoms with van der Waals surface area (Å²) in [5, 5.41) is 3.69. The largest absolute Gasteiger partial charge is 0.348 e. The molecule has 4 aromatic rings. The van der Waals surface area contributed by atoms with Crippen molar-refractivity contribution in [3.8, 4) is 16.9 Å². The second-order valence-corrected chi connectivity index (χ2v) is 7.18. The van der Waals surface area contributed by atoms with Gasteiger partial charge in [-0.25, -0.2) is 0 Å². The number of para-hydroxylation sites is 1. The number of nitrogens with one attached hydrogen (secondary N) is 1. The fraction of sp³-hybridized carbons (Fsp3) is 0.0833. The fourth-order valence-corrected chi connectivity index (χ4v) is 3.48. The Labute approximate surface area is 174 Å². The van der Waals surface area contributed by atoms with Crippen LogP contribution in [0.1, 0.15) is 21.6 Å². The second kappa shape index (κ2) is 8.33. The highest BCUT2D eigenvalue weighted by Crippen LogP contribution is 2.30. The molecule has 0 radical (unpaired) electrons. The maximum absolute atomic E-state index is 13.0. The highest BCUT2D eigenvalue weighted by Gasteiger charge is 2.19. The zero-order valence-electron chi connectivity index (χ0n) is 16.0. The third-order valence-electron chi connectivity index (χ3n) is 4.85. The Bertz CT molecular complexity index is 1120. The number of rotatable bonds is 5. The summed E-state index contributed by atoms with van der Waals surface area (Å²) >= 11 is 6.07. The fourth-order valence-electron chi connectivity index (χ4n) is 3.36. The summed E-state index contributed by atoms with van der Waals surface area (Å²) in [5.74, 6) is -0.107. The highest BCUT2D eigenvalue weighted by molar-refractivity contribution is 6.30. The van der Waals surface area contributed by atoms with Crippen LogP contribution in [0.3, 0.4) is 0 Å². The summed E-state index contributed by atoms with van der Waals surface area (Å²) < 4.78 is 2.10. The molecule has 0 atom stereocenters. The molecule has 4 rings (SSSR count). The molecule has 0 aliphatic carbocycles. The lowest BCUT2D eigenvalue weighted by molar-refractivity contribution is 0.0950. The summed E-state index contributed by atoms with van der Waals surface area (Å²) in [6.07, 6.45) is 3.44. The zero-order chi connectivity index (χ0) is 20.2. The topological polar surface area (TPSA) is 46.9 Å². The van der Waals surface area contributed by atoms with Crippen molar-refractivity contribution in [2.75, 3.05) is 0 Å². The Hall–Kier alpha value is -3.37. The van der Waals surface area contributed by atoms with Crippen molar-refractivity contribution >= 4 is 17.5 Å². The molecule has 0 fully saturated rings. The number of carbonyl (C=O) groups excluding carboxylic acids is 1. The minimum absolute atomic E-state index is 0.107. The molecule has 0 aliphatic heterocycles. The Morgan fingerprint density at radius 2 is 1.69 bits per heavy atom. The van der Waals surface area contributed by atoms with Gasteiger partial charge in [0.2, 0.25) is 0 Å². The van der Waals surface area contributed by atoms with Gasteiger partial charge in [-0.15, -0.1) is 0 Å². The molecule has 144 valence electrons. The molecule has 5 heteroatoms. The number of benzene rings is 2. The molecule has 4 nitrogen and oxygen atoms in total. The summed E-state index contributed by atoms with van der Waals surface area (Å²) in [6.45, 7) is 2.42. The van der Waals surface area contributed by atoms with E-state index in [1.54, 1.807) is 12.4 Å². The first-order valence-corrected chi connectivity index (χ1v) is 9.72. The van der Waals surface area contributed by atoms with Gasteiger partial charge in [0.05, 0.1) is 11.3 Å². The zero-order valence-corrected chi connectivity index (χ0v) is 16.7. The third kappa shape index (κ3) is 4.08. The summed E-state index contributed by atoms with van der Waals surface area (Å²) in [6, 6.07) is 23.4. The predicted molar refractivity (Wildman–Crippen MR) is 116 cm³/mol. The third-order valence-corrected chi connectivity index (χ3v) is 5.10. The van der Waals surface area contributed by atoms with E-state index in [4.69, 9.17) is 11.6 Å². The second-order valence-electron chi connectivity index (χ2n) is 6.74. The number of halogens is 1. The molecule has 2 aromatic heterocycles. The number of hydrogen-bond acceptors (Lipinski definition) is 2. The average molecular weight is 402 g/mol. The van der Waals surface area contributed by atoms with Crippen molar-refractivity contribution in [2.24, 2.45) is 0 Å². The monoisotopic (exact) mass is 401 g/mol. The van der Waals surface area contributed by atoms with Gasteiger partial charge in [0.25, 0.3) is 5.91 Å². The van der Waals surface area contributed by atoms with Gasteiger partial charge < -0.3 is 9.88 Å². The Morgan fingerprint density at radius 3 is 2.38 bits per heavy atom. The molecule has 2 heterocycles. The van der Waals surface area contributed by atoms with Crippen LogP contribution in [0.2, 0.25) is 5.02 Å². The number of carbonyl (C=O) groups is 1. The van der Waals surface area contributed by atoms with Crippen LogP contribution in [0, 0.1) is 6.92 Å². The Balaban J connectivity index is 1.73. The molecular formula is C24H20ClN3O. The predicted octanol–water partition coefficient (Wildman–Crippen LogP) is 5.43. The SMILES string of the molecule is Cc1c(C(=O)NCc2ccncc2)cc(-c2ccc(Cl)cc2)n1-c1ccccc1. The number of nitrogens with zero attached hydrogens (tertiary/aromatic N) is 2. The lowest BCUT2D eigenvalue weighted by Gasteiger charge is -2.12. The lowest BCUT2D eigenvalue weighted by Crippen LogP contribution is -2.23. The Morgan fingerprint density at radius 1 is 1.00 bits per heavy atom. The van der Waals surface area contributed by atoms with Crippen LogP contribution in [0.5, 0.6) is 0 Å². The molecule has 0 aliphatic rings. The molecule has 0 saturated carbocycles. The van der Waals surface area contributed by atoms with E-state index in [0.717, 1.165) is 28.2 Å². The van der Waals surface area contributed by atoms with E-state index in [-0.39, 0.29) is 5.91 Å². The maximum atomic E-state index is 13.0. The average Bonchev–Trinajstić information content (AvgIpc) is 3.11. The van der Waals surface area contributed by atoms with Gasteiger partial charge in [-0.1, -0.05) is 41.9 Å². The van der Waals surface area contributed by atoms with Gasteiger partial charge in [0.15, 0.2) is 0 Å². The van der Waals surface area contributed by atoms with Gasteiger partial charge in [-0.2, -0.15) is 0 Å². The van der Waals surface area contributed by atoms with Crippen molar-refractivity contribution in [2.45, 2.75) is 13.5 Å².